The second kappa shape index (κ2) is 14.5. The Labute approximate surface area is 361 Å². The number of benzene rings is 11. The van der Waals surface area contributed by atoms with E-state index in [1.807, 2.05) is 12.1 Å². The molecule has 12 rings (SSSR count). The van der Waals surface area contributed by atoms with Crippen molar-refractivity contribution in [3.05, 3.63) is 230 Å². The number of fused-ring (bicyclic) bond motifs is 5. The summed E-state index contributed by atoms with van der Waals surface area (Å²) in [5.41, 5.74) is 20.2. The fraction of sp³-hybridized carbons (Fsp3) is 0. The predicted octanol–water partition coefficient (Wildman–Crippen LogP) is 16.7. The molecule has 1 aliphatic carbocycles. The van der Waals surface area contributed by atoms with Gasteiger partial charge in [0.05, 0.1) is 11.6 Å². The maximum Gasteiger partial charge on any atom is 0.0991 e. The molecule has 1 aliphatic rings. The average Bonchev–Trinajstić information content (AvgIpc) is 3.68. The summed E-state index contributed by atoms with van der Waals surface area (Å²) >= 11 is 0. The third-order valence-electron chi connectivity index (χ3n) is 12.8. The highest BCUT2D eigenvalue weighted by molar-refractivity contribution is 6.24. The monoisotopic (exact) mass is 783 g/mol. The van der Waals surface area contributed by atoms with Crippen LogP contribution in [-0.4, -0.2) is 0 Å². The average molecular weight is 784 g/mol. The summed E-state index contributed by atoms with van der Waals surface area (Å²) in [5, 5.41) is 16.8. The van der Waals surface area contributed by atoms with E-state index >= 15 is 0 Å². The SMILES string of the molecule is N#Cc1ccc2cc(-c3ccc4c5c(ccc(-c6cccc7c(-c8ccc(-c9cc(-c%10ccccc%10)cc(-c%10ccccc%10)c9)cc8)cccc67)c35)-c3ccccc3-4)ccc2c1. The van der Waals surface area contributed by atoms with E-state index in [9.17, 15) is 5.26 Å². The van der Waals surface area contributed by atoms with Gasteiger partial charge in [-0.05, 0) is 158 Å². The van der Waals surface area contributed by atoms with Crippen LogP contribution in [0.4, 0.5) is 0 Å². The maximum absolute atomic E-state index is 9.56. The molecule has 11 aromatic carbocycles. The van der Waals surface area contributed by atoms with Gasteiger partial charge in [0.15, 0.2) is 0 Å². The minimum absolute atomic E-state index is 0.674. The molecule has 11 aromatic rings. The molecule has 0 saturated carbocycles. The molecular formula is C61H37N. The Balaban J connectivity index is 0.998. The van der Waals surface area contributed by atoms with Crippen LogP contribution in [0.25, 0.3) is 121 Å². The fourth-order valence-corrected chi connectivity index (χ4v) is 9.87. The fourth-order valence-electron chi connectivity index (χ4n) is 9.87. The highest BCUT2D eigenvalue weighted by Gasteiger charge is 2.25. The van der Waals surface area contributed by atoms with Crippen LogP contribution in [0.15, 0.2) is 224 Å². The normalized spacial score (nSPS) is 11.5. The van der Waals surface area contributed by atoms with Gasteiger partial charge >= 0.3 is 0 Å². The highest BCUT2D eigenvalue weighted by Crippen LogP contribution is 2.53. The van der Waals surface area contributed by atoms with Crippen LogP contribution in [0.1, 0.15) is 5.56 Å². The second-order valence-corrected chi connectivity index (χ2v) is 16.3. The van der Waals surface area contributed by atoms with Crippen LogP contribution in [0, 0.1) is 11.3 Å². The summed E-state index contributed by atoms with van der Waals surface area (Å²) < 4.78 is 0. The number of hydrogen-bond donors (Lipinski definition) is 0. The van der Waals surface area contributed by atoms with Crippen LogP contribution < -0.4 is 0 Å². The molecule has 0 saturated heterocycles. The lowest BCUT2D eigenvalue weighted by atomic mass is 9.86. The van der Waals surface area contributed by atoms with Crippen LogP contribution in [0.3, 0.4) is 0 Å². The molecule has 0 N–H and O–H groups in total. The second-order valence-electron chi connectivity index (χ2n) is 16.3. The number of nitriles is 1. The van der Waals surface area contributed by atoms with Gasteiger partial charge in [-0.1, -0.05) is 188 Å². The molecule has 0 unspecified atom stereocenters. The van der Waals surface area contributed by atoms with Gasteiger partial charge in [-0.15, -0.1) is 0 Å². The molecule has 0 bridgehead atoms. The van der Waals surface area contributed by atoms with E-state index in [4.69, 9.17) is 0 Å². The zero-order valence-electron chi connectivity index (χ0n) is 33.8. The lowest BCUT2D eigenvalue weighted by Gasteiger charge is -2.17. The van der Waals surface area contributed by atoms with Crippen molar-refractivity contribution in [1.82, 2.24) is 0 Å². The first-order chi connectivity index (χ1) is 30.7. The van der Waals surface area contributed by atoms with Crippen molar-refractivity contribution >= 4 is 32.3 Å². The highest BCUT2D eigenvalue weighted by atomic mass is 14.3. The first-order valence-corrected chi connectivity index (χ1v) is 21.2. The molecule has 0 aromatic heterocycles. The zero-order valence-corrected chi connectivity index (χ0v) is 33.8. The summed E-state index contributed by atoms with van der Waals surface area (Å²) in [6, 6.07) is 83.9. The van der Waals surface area contributed by atoms with Gasteiger partial charge in [0, 0.05) is 0 Å². The molecule has 62 heavy (non-hydrogen) atoms. The number of rotatable bonds is 6. The number of hydrogen-bond acceptors (Lipinski definition) is 1. The van der Waals surface area contributed by atoms with Crippen molar-refractivity contribution in [1.29, 1.82) is 5.26 Å². The van der Waals surface area contributed by atoms with Crippen molar-refractivity contribution in [2.75, 3.05) is 0 Å². The minimum atomic E-state index is 0.674. The smallest absolute Gasteiger partial charge is 0.0991 e. The third kappa shape index (κ3) is 5.85. The van der Waals surface area contributed by atoms with E-state index in [0.29, 0.717) is 5.56 Å². The first kappa shape index (κ1) is 35.6. The lowest BCUT2D eigenvalue weighted by molar-refractivity contribution is 1.50. The van der Waals surface area contributed by atoms with E-state index < -0.39 is 0 Å². The Morgan fingerprint density at radius 2 is 0.677 bits per heavy atom. The molecule has 0 fully saturated rings. The molecular weight excluding hydrogens is 747 g/mol. The van der Waals surface area contributed by atoms with Crippen molar-refractivity contribution in [3.63, 3.8) is 0 Å². The molecule has 0 spiro atoms. The van der Waals surface area contributed by atoms with Crippen molar-refractivity contribution < 1.29 is 0 Å². The summed E-state index contributed by atoms with van der Waals surface area (Å²) in [7, 11) is 0. The van der Waals surface area contributed by atoms with Crippen LogP contribution in [0.2, 0.25) is 0 Å². The number of nitrogens with zero attached hydrogens (tertiary/aromatic N) is 1. The molecule has 0 atom stereocenters. The van der Waals surface area contributed by atoms with Gasteiger partial charge < -0.3 is 0 Å². The molecule has 1 nitrogen and oxygen atoms in total. The van der Waals surface area contributed by atoms with Crippen molar-refractivity contribution in [3.8, 4) is 95.1 Å². The van der Waals surface area contributed by atoms with Crippen LogP contribution in [-0.2, 0) is 0 Å². The summed E-state index contributed by atoms with van der Waals surface area (Å²) in [4.78, 5) is 0. The Morgan fingerprint density at radius 1 is 0.242 bits per heavy atom. The van der Waals surface area contributed by atoms with E-state index in [0.717, 1.165) is 16.3 Å². The quantitative estimate of drug-likeness (QED) is 0.165. The van der Waals surface area contributed by atoms with Crippen molar-refractivity contribution in [2.24, 2.45) is 0 Å². The summed E-state index contributed by atoms with van der Waals surface area (Å²) in [5.74, 6) is 0. The van der Waals surface area contributed by atoms with Crippen LogP contribution in [0.5, 0.6) is 0 Å². The van der Waals surface area contributed by atoms with Gasteiger partial charge in [0.1, 0.15) is 0 Å². The maximum atomic E-state index is 9.56. The van der Waals surface area contributed by atoms with Crippen molar-refractivity contribution in [2.45, 2.75) is 0 Å². The predicted molar refractivity (Wildman–Crippen MR) is 261 cm³/mol. The Bertz CT molecular complexity index is 3520. The van der Waals surface area contributed by atoms with E-state index in [2.05, 4.69) is 218 Å². The van der Waals surface area contributed by atoms with E-state index in [1.54, 1.807) is 0 Å². The van der Waals surface area contributed by atoms with Gasteiger partial charge in [0.2, 0.25) is 0 Å². The van der Waals surface area contributed by atoms with Gasteiger partial charge in [-0.25, -0.2) is 0 Å². The third-order valence-corrected chi connectivity index (χ3v) is 12.8. The first-order valence-electron chi connectivity index (χ1n) is 21.2. The molecule has 286 valence electrons. The van der Waals surface area contributed by atoms with Crippen LogP contribution >= 0.6 is 0 Å². The summed E-state index contributed by atoms with van der Waals surface area (Å²) in [6.07, 6.45) is 0. The van der Waals surface area contributed by atoms with E-state index in [-0.39, 0.29) is 0 Å². The zero-order chi connectivity index (χ0) is 41.1. The molecule has 0 amide bonds. The molecule has 0 heterocycles. The minimum Gasteiger partial charge on any atom is -0.192 e. The molecule has 0 radical (unpaired) electrons. The summed E-state index contributed by atoms with van der Waals surface area (Å²) in [6.45, 7) is 0. The Morgan fingerprint density at radius 3 is 1.29 bits per heavy atom. The Kier molecular flexibility index (Phi) is 8.30. The van der Waals surface area contributed by atoms with Gasteiger partial charge in [0.25, 0.3) is 0 Å². The topological polar surface area (TPSA) is 23.8 Å². The lowest BCUT2D eigenvalue weighted by Crippen LogP contribution is -1.91. The van der Waals surface area contributed by atoms with Gasteiger partial charge in [-0.3, -0.25) is 0 Å². The Hall–Kier alpha value is -8.31. The largest absolute Gasteiger partial charge is 0.192 e. The molecule has 1 heteroatoms. The molecule has 0 aliphatic heterocycles. The van der Waals surface area contributed by atoms with E-state index in [1.165, 1.54) is 105 Å². The van der Waals surface area contributed by atoms with Gasteiger partial charge in [-0.2, -0.15) is 5.26 Å². The standard InChI is InChI=1S/C61H37N/c62-38-39-21-22-45-34-46(28-27-44(45)33-39)51-29-30-58-54-15-7-8-16-55(54)59-32-31-57(60(51)61(58)59)56-20-10-18-52-50(17-9-19-53(52)56)43-25-23-42(24-26-43)49-36-47(40-11-3-1-4-12-40)35-48(37-49)41-13-5-2-6-14-41/h1-37H.